The van der Waals surface area contributed by atoms with Gasteiger partial charge in [-0.25, -0.2) is 4.79 Å². The van der Waals surface area contributed by atoms with Crippen molar-refractivity contribution in [1.82, 2.24) is 5.32 Å². The van der Waals surface area contributed by atoms with Crippen molar-refractivity contribution in [2.45, 2.75) is 51.0 Å². The molecule has 0 spiro atoms. The fraction of sp³-hybridized carbons (Fsp3) is 0.500. The Labute approximate surface area is 149 Å². The largest absolute Gasteiger partial charge is 0.497 e. The molecule has 1 aliphatic rings. The van der Waals surface area contributed by atoms with E-state index in [1.54, 1.807) is 13.2 Å². The van der Waals surface area contributed by atoms with E-state index in [9.17, 15) is 9.59 Å². The highest BCUT2D eigenvalue weighted by Gasteiger charge is 2.14. The Bertz CT molecular complexity index is 589. The lowest BCUT2D eigenvalue weighted by Gasteiger charge is -2.20. The number of nitrogens with one attached hydrogen (secondary N) is 1. The van der Waals surface area contributed by atoms with Gasteiger partial charge < -0.3 is 14.8 Å². The summed E-state index contributed by atoms with van der Waals surface area (Å²) in [5.74, 6) is -0.0431. The Balaban J connectivity index is 1.72. The fourth-order valence-electron chi connectivity index (χ4n) is 2.96. The van der Waals surface area contributed by atoms with E-state index < -0.39 is 5.97 Å². The van der Waals surface area contributed by atoms with E-state index in [0.29, 0.717) is 5.75 Å². The summed E-state index contributed by atoms with van der Waals surface area (Å²) in [5.41, 5.74) is 0.829. The normalized spacial score (nSPS) is 16.0. The Kier molecular flexibility index (Phi) is 8.02. The zero-order valence-electron chi connectivity index (χ0n) is 14.8. The predicted octanol–water partition coefficient (Wildman–Crippen LogP) is 3.48. The first kappa shape index (κ1) is 19.0. The molecule has 1 aliphatic carbocycles. The molecular formula is C20H27NO4. The molecule has 1 aromatic carbocycles. The Morgan fingerprint density at radius 2 is 1.88 bits per heavy atom. The fourth-order valence-corrected chi connectivity index (χ4v) is 2.96. The first-order valence-electron chi connectivity index (χ1n) is 8.95. The third-order valence-corrected chi connectivity index (χ3v) is 4.32. The lowest BCUT2D eigenvalue weighted by atomic mass is 9.97. The summed E-state index contributed by atoms with van der Waals surface area (Å²) < 4.78 is 10.1. The minimum Gasteiger partial charge on any atom is -0.497 e. The molecule has 0 atom stereocenters. The van der Waals surface area contributed by atoms with Gasteiger partial charge in [0.25, 0.3) is 5.91 Å². The molecule has 1 amide bonds. The average molecular weight is 345 g/mol. The zero-order chi connectivity index (χ0) is 17.9. The third kappa shape index (κ3) is 7.42. The first-order valence-corrected chi connectivity index (χ1v) is 8.95. The second-order valence-electron chi connectivity index (χ2n) is 6.33. The minimum atomic E-state index is -0.532. The monoisotopic (exact) mass is 345 g/mol. The van der Waals surface area contributed by atoms with Crippen LogP contribution in [0, 0.1) is 0 Å². The van der Waals surface area contributed by atoms with Crippen LogP contribution >= 0.6 is 0 Å². The predicted molar refractivity (Wildman–Crippen MR) is 97.2 cm³/mol. The lowest BCUT2D eigenvalue weighted by molar-refractivity contribution is -0.144. The minimum absolute atomic E-state index is 0.207. The van der Waals surface area contributed by atoms with E-state index in [1.807, 2.05) is 24.3 Å². The van der Waals surface area contributed by atoms with E-state index in [4.69, 9.17) is 9.47 Å². The van der Waals surface area contributed by atoms with Crippen LogP contribution in [0.1, 0.15) is 50.5 Å². The molecule has 0 radical (unpaired) electrons. The second kappa shape index (κ2) is 10.5. The SMILES string of the molecule is COc1cccc(/C=C/C(=O)OCC(=O)NC2CCCCCCC2)c1. The number of amides is 1. The molecule has 5 nitrogen and oxygen atoms in total. The highest BCUT2D eigenvalue weighted by atomic mass is 16.5. The molecule has 1 saturated carbocycles. The number of hydrogen-bond acceptors (Lipinski definition) is 4. The molecular weight excluding hydrogens is 318 g/mol. The Morgan fingerprint density at radius 3 is 2.60 bits per heavy atom. The summed E-state index contributed by atoms with van der Waals surface area (Å²) in [4.78, 5) is 23.7. The Hall–Kier alpha value is -2.30. The van der Waals surface area contributed by atoms with Crippen molar-refractivity contribution in [3.05, 3.63) is 35.9 Å². The maximum absolute atomic E-state index is 11.9. The van der Waals surface area contributed by atoms with Gasteiger partial charge in [0.15, 0.2) is 6.61 Å². The number of ether oxygens (including phenoxy) is 2. The molecule has 1 aromatic rings. The molecule has 0 heterocycles. The van der Waals surface area contributed by atoms with E-state index >= 15 is 0 Å². The highest BCUT2D eigenvalue weighted by Crippen LogP contribution is 2.17. The standard InChI is InChI=1S/C20H27NO4/c1-24-18-11-7-8-16(14-18)12-13-20(23)25-15-19(22)21-17-9-5-3-2-4-6-10-17/h7-8,11-14,17H,2-6,9-10,15H2,1H3,(H,21,22)/b13-12+. The van der Waals surface area contributed by atoms with Crippen LogP contribution in [0.15, 0.2) is 30.3 Å². The van der Waals surface area contributed by atoms with Crippen LogP contribution in [0.4, 0.5) is 0 Å². The number of methoxy groups -OCH3 is 1. The van der Waals surface area contributed by atoms with Gasteiger partial charge in [0, 0.05) is 12.1 Å². The molecule has 0 aliphatic heterocycles. The molecule has 25 heavy (non-hydrogen) atoms. The van der Waals surface area contributed by atoms with Gasteiger partial charge in [0.1, 0.15) is 5.75 Å². The van der Waals surface area contributed by atoms with Crippen LogP contribution in [-0.4, -0.2) is 31.6 Å². The van der Waals surface area contributed by atoms with Gasteiger partial charge in [-0.3, -0.25) is 4.79 Å². The average Bonchev–Trinajstić information content (AvgIpc) is 2.60. The van der Waals surface area contributed by atoms with Crippen molar-refractivity contribution in [1.29, 1.82) is 0 Å². The highest BCUT2D eigenvalue weighted by molar-refractivity contribution is 5.89. The van der Waals surface area contributed by atoms with E-state index in [0.717, 1.165) is 31.2 Å². The van der Waals surface area contributed by atoms with E-state index in [-0.39, 0.29) is 18.6 Å². The molecule has 2 rings (SSSR count). The quantitative estimate of drug-likeness (QED) is 0.633. The number of esters is 1. The van der Waals surface area contributed by atoms with Gasteiger partial charge in [-0.15, -0.1) is 0 Å². The van der Waals surface area contributed by atoms with Gasteiger partial charge in [0.05, 0.1) is 7.11 Å². The van der Waals surface area contributed by atoms with Crippen LogP contribution in [-0.2, 0) is 14.3 Å². The summed E-state index contributed by atoms with van der Waals surface area (Å²) >= 11 is 0. The van der Waals surface area contributed by atoms with Crippen molar-refractivity contribution >= 4 is 18.0 Å². The van der Waals surface area contributed by atoms with Crippen molar-refractivity contribution in [2.75, 3.05) is 13.7 Å². The second-order valence-corrected chi connectivity index (χ2v) is 6.33. The van der Waals surface area contributed by atoms with Crippen LogP contribution < -0.4 is 10.1 Å². The maximum Gasteiger partial charge on any atom is 0.331 e. The topological polar surface area (TPSA) is 64.6 Å². The summed E-state index contributed by atoms with van der Waals surface area (Å²) in [6.45, 7) is -0.238. The maximum atomic E-state index is 11.9. The number of hydrogen-bond donors (Lipinski definition) is 1. The van der Waals surface area contributed by atoms with Crippen molar-refractivity contribution in [3.8, 4) is 5.75 Å². The van der Waals surface area contributed by atoms with Crippen molar-refractivity contribution in [3.63, 3.8) is 0 Å². The Morgan fingerprint density at radius 1 is 1.16 bits per heavy atom. The van der Waals surface area contributed by atoms with Gasteiger partial charge in [-0.1, -0.05) is 44.2 Å². The van der Waals surface area contributed by atoms with Gasteiger partial charge >= 0.3 is 5.97 Å². The number of benzene rings is 1. The van der Waals surface area contributed by atoms with Crippen molar-refractivity contribution < 1.29 is 19.1 Å². The molecule has 0 aromatic heterocycles. The van der Waals surface area contributed by atoms with Gasteiger partial charge in [0.2, 0.25) is 0 Å². The summed E-state index contributed by atoms with van der Waals surface area (Å²) in [7, 11) is 1.59. The summed E-state index contributed by atoms with van der Waals surface area (Å²) in [6, 6.07) is 7.54. The van der Waals surface area contributed by atoms with Crippen LogP contribution in [0.25, 0.3) is 6.08 Å². The van der Waals surface area contributed by atoms with Crippen LogP contribution in [0.5, 0.6) is 5.75 Å². The first-order chi connectivity index (χ1) is 12.2. The molecule has 1 N–H and O–H groups in total. The summed E-state index contributed by atoms with van der Waals surface area (Å²) in [5, 5.41) is 2.97. The van der Waals surface area contributed by atoms with Crippen LogP contribution in [0.3, 0.4) is 0 Å². The number of carbonyl (C=O) groups excluding carboxylic acids is 2. The third-order valence-electron chi connectivity index (χ3n) is 4.32. The molecule has 136 valence electrons. The number of rotatable bonds is 6. The molecule has 0 saturated heterocycles. The molecule has 0 unspecified atom stereocenters. The van der Waals surface area contributed by atoms with Crippen molar-refractivity contribution in [2.24, 2.45) is 0 Å². The summed E-state index contributed by atoms with van der Waals surface area (Å²) in [6.07, 6.45) is 11.0. The van der Waals surface area contributed by atoms with Gasteiger partial charge in [-0.05, 0) is 36.6 Å². The molecule has 5 heteroatoms. The lowest BCUT2D eigenvalue weighted by Crippen LogP contribution is -2.37. The van der Waals surface area contributed by atoms with E-state index in [1.165, 1.54) is 25.3 Å². The molecule has 0 bridgehead atoms. The zero-order valence-corrected chi connectivity index (χ0v) is 14.8. The number of carbonyl (C=O) groups is 2. The van der Waals surface area contributed by atoms with Crippen LogP contribution in [0.2, 0.25) is 0 Å². The van der Waals surface area contributed by atoms with Gasteiger partial charge in [-0.2, -0.15) is 0 Å². The molecule has 1 fully saturated rings. The van der Waals surface area contributed by atoms with E-state index in [2.05, 4.69) is 5.32 Å². The smallest absolute Gasteiger partial charge is 0.331 e.